The molecule has 0 aliphatic heterocycles. The molecule has 0 aliphatic rings. The Morgan fingerprint density at radius 2 is 1.83 bits per heavy atom. The fourth-order valence-corrected chi connectivity index (χ4v) is 2.98. The van der Waals surface area contributed by atoms with Gasteiger partial charge in [0.1, 0.15) is 5.69 Å². The molecule has 3 aromatic rings. The molecule has 1 amide bonds. The van der Waals surface area contributed by atoms with E-state index in [1.54, 1.807) is 41.8 Å². The molecule has 0 saturated heterocycles. The molecule has 7 heteroatoms. The quantitative estimate of drug-likeness (QED) is 0.672. The van der Waals surface area contributed by atoms with Gasteiger partial charge in [-0.15, -0.1) is 0 Å². The van der Waals surface area contributed by atoms with Gasteiger partial charge in [0.2, 0.25) is 0 Å². The van der Waals surface area contributed by atoms with E-state index in [0.717, 1.165) is 5.56 Å². The average Bonchev–Trinajstić information content (AvgIpc) is 2.70. The van der Waals surface area contributed by atoms with Gasteiger partial charge in [0.05, 0.1) is 16.6 Å². The Kier molecular flexibility index (Phi) is 5.77. The van der Waals surface area contributed by atoms with Crippen molar-refractivity contribution < 1.29 is 14.3 Å². The average molecular weight is 393 g/mol. The van der Waals surface area contributed by atoms with Gasteiger partial charge in [0.25, 0.3) is 11.5 Å². The van der Waals surface area contributed by atoms with Gasteiger partial charge in [-0.3, -0.25) is 9.59 Å². The molecule has 1 aromatic heterocycles. The third-order valence-electron chi connectivity index (χ3n) is 4.63. The Hall–Kier alpha value is -3.48. The van der Waals surface area contributed by atoms with Gasteiger partial charge in [-0.1, -0.05) is 17.7 Å². The lowest BCUT2D eigenvalue weighted by Crippen LogP contribution is -2.30. The van der Waals surface area contributed by atoms with Crippen LogP contribution in [0, 0.1) is 13.8 Å². The number of carbonyl (C=O) groups excluding carboxylic acids is 2. The number of carbonyl (C=O) groups is 2. The number of hydrogen-bond donors (Lipinski definition) is 1. The molecule has 29 heavy (non-hydrogen) atoms. The molecule has 0 bridgehead atoms. The summed E-state index contributed by atoms with van der Waals surface area (Å²) in [7, 11) is 0. The van der Waals surface area contributed by atoms with Crippen molar-refractivity contribution in [3.05, 3.63) is 69.6 Å². The monoisotopic (exact) mass is 393 g/mol. The minimum atomic E-state index is -0.973. The largest absolute Gasteiger partial charge is 0.449 e. The van der Waals surface area contributed by atoms with E-state index < -0.39 is 18.0 Å². The van der Waals surface area contributed by atoms with Gasteiger partial charge >= 0.3 is 5.97 Å². The topological polar surface area (TPSA) is 90.3 Å². The third kappa shape index (κ3) is 4.34. The van der Waals surface area contributed by atoms with Gasteiger partial charge in [0, 0.05) is 12.2 Å². The van der Waals surface area contributed by atoms with E-state index in [0.29, 0.717) is 29.0 Å². The zero-order valence-corrected chi connectivity index (χ0v) is 16.9. The van der Waals surface area contributed by atoms with Crippen LogP contribution in [0.3, 0.4) is 0 Å². The van der Waals surface area contributed by atoms with Crippen LogP contribution in [0.25, 0.3) is 11.0 Å². The Labute approximate surface area is 168 Å². The summed E-state index contributed by atoms with van der Waals surface area (Å²) >= 11 is 0. The lowest BCUT2D eigenvalue weighted by molar-refractivity contribution is -0.123. The standard InChI is InChI=1S/C22H23N3O4/c1-5-25-19-11-8-16(12-18(19)23-14(3)21(25)27)22(28)29-15(4)20(26)24-17-9-6-13(2)7-10-17/h6-12,15H,5H2,1-4H3,(H,24,26)/t15-/m1/s1. The highest BCUT2D eigenvalue weighted by Crippen LogP contribution is 2.16. The summed E-state index contributed by atoms with van der Waals surface area (Å²) in [6.45, 7) is 7.47. The first-order valence-corrected chi connectivity index (χ1v) is 9.40. The van der Waals surface area contributed by atoms with Crippen LogP contribution in [-0.4, -0.2) is 27.5 Å². The van der Waals surface area contributed by atoms with Crippen molar-refractivity contribution in [2.45, 2.75) is 40.3 Å². The fourth-order valence-electron chi connectivity index (χ4n) is 2.98. The molecule has 2 aromatic carbocycles. The molecule has 150 valence electrons. The van der Waals surface area contributed by atoms with Crippen LogP contribution in [0.1, 0.15) is 35.5 Å². The highest BCUT2D eigenvalue weighted by atomic mass is 16.5. The molecular formula is C22H23N3O4. The van der Waals surface area contributed by atoms with E-state index in [4.69, 9.17) is 4.74 Å². The molecule has 0 radical (unpaired) electrons. The van der Waals surface area contributed by atoms with E-state index in [1.165, 1.54) is 6.92 Å². The van der Waals surface area contributed by atoms with E-state index in [9.17, 15) is 14.4 Å². The molecule has 7 nitrogen and oxygen atoms in total. The van der Waals surface area contributed by atoms with Crippen LogP contribution in [-0.2, 0) is 16.1 Å². The Morgan fingerprint density at radius 3 is 2.48 bits per heavy atom. The maximum absolute atomic E-state index is 12.5. The van der Waals surface area contributed by atoms with Crippen molar-refractivity contribution in [2.75, 3.05) is 5.32 Å². The number of esters is 1. The van der Waals surface area contributed by atoms with Crippen LogP contribution >= 0.6 is 0 Å². The maximum Gasteiger partial charge on any atom is 0.338 e. The van der Waals surface area contributed by atoms with Gasteiger partial charge in [-0.25, -0.2) is 9.78 Å². The zero-order valence-electron chi connectivity index (χ0n) is 16.9. The van der Waals surface area contributed by atoms with E-state index in [-0.39, 0.29) is 11.1 Å². The fraction of sp³-hybridized carbons (Fsp3) is 0.273. The van der Waals surface area contributed by atoms with Crippen molar-refractivity contribution in [1.29, 1.82) is 0 Å². The van der Waals surface area contributed by atoms with Crippen molar-refractivity contribution in [2.24, 2.45) is 0 Å². The second-order valence-electron chi connectivity index (χ2n) is 6.85. The number of anilines is 1. The van der Waals surface area contributed by atoms with E-state index in [2.05, 4.69) is 10.3 Å². The first kappa shape index (κ1) is 20.3. The summed E-state index contributed by atoms with van der Waals surface area (Å²) < 4.78 is 6.91. The van der Waals surface area contributed by atoms with Crippen molar-refractivity contribution in [1.82, 2.24) is 9.55 Å². The predicted molar refractivity (Wildman–Crippen MR) is 111 cm³/mol. The number of benzene rings is 2. The van der Waals surface area contributed by atoms with Crippen molar-refractivity contribution >= 4 is 28.6 Å². The molecule has 0 saturated carbocycles. The molecular weight excluding hydrogens is 370 g/mol. The predicted octanol–water partition coefficient (Wildman–Crippen LogP) is 3.22. The smallest absolute Gasteiger partial charge is 0.338 e. The zero-order chi connectivity index (χ0) is 21.1. The number of nitrogens with zero attached hydrogens (tertiary/aromatic N) is 2. The van der Waals surface area contributed by atoms with Crippen LogP contribution in [0.5, 0.6) is 0 Å². The maximum atomic E-state index is 12.5. The number of rotatable bonds is 5. The summed E-state index contributed by atoms with van der Waals surface area (Å²) in [5.41, 5.74) is 3.34. The molecule has 0 spiro atoms. The Morgan fingerprint density at radius 1 is 1.14 bits per heavy atom. The van der Waals surface area contributed by atoms with Crippen LogP contribution in [0.2, 0.25) is 0 Å². The minimum absolute atomic E-state index is 0.156. The summed E-state index contributed by atoms with van der Waals surface area (Å²) in [5, 5.41) is 2.72. The molecule has 1 atom stereocenters. The third-order valence-corrected chi connectivity index (χ3v) is 4.63. The molecule has 0 aliphatic carbocycles. The number of aromatic nitrogens is 2. The second-order valence-corrected chi connectivity index (χ2v) is 6.85. The molecule has 1 N–H and O–H groups in total. The first-order valence-electron chi connectivity index (χ1n) is 9.40. The highest BCUT2D eigenvalue weighted by Gasteiger charge is 2.20. The number of aryl methyl sites for hydroxylation is 3. The lowest BCUT2D eigenvalue weighted by Gasteiger charge is -2.14. The normalized spacial score (nSPS) is 11.9. The van der Waals surface area contributed by atoms with Gasteiger partial charge in [0.15, 0.2) is 6.10 Å². The number of hydrogen-bond acceptors (Lipinski definition) is 5. The van der Waals surface area contributed by atoms with E-state index in [1.807, 2.05) is 26.0 Å². The Bertz CT molecular complexity index is 1130. The second kappa shape index (κ2) is 8.26. The summed E-state index contributed by atoms with van der Waals surface area (Å²) in [5.74, 6) is -1.05. The van der Waals surface area contributed by atoms with Gasteiger partial charge in [-0.05, 0) is 58.0 Å². The van der Waals surface area contributed by atoms with Gasteiger partial charge in [-0.2, -0.15) is 0 Å². The number of amides is 1. The van der Waals surface area contributed by atoms with Crippen LogP contribution in [0.4, 0.5) is 5.69 Å². The summed E-state index contributed by atoms with van der Waals surface area (Å²) in [6.07, 6.45) is -0.973. The highest BCUT2D eigenvalue weighted by molar-refractivity contribution is 5.98. The number of fused-ring (bicyclic) bond motifs is 1. The number of nitrogens with one attached hydrogen (secondary N) is 1. The SMILES string of the molecule is CCn1c(=O)c(C)nc2cc(C(=O)O[C@H](C)C(=O)Nc3ccc(C)cc3)ccc21. The van der Waals surface area contributed by atoms with Crippen LogP contribution < -0.4 is 10.9 Å². The summed E-state index contributed by atoms with van der Waals surface area (Å²) in [6, 6.07) is 12.1. The molecule has 0 fully saturated rings. The minimum Gasteiger partial charge on any atom is -0.449 e. The summed E-state index contributed by atoms with van der Waals surface area (Å²) in [4.78, 5) is 41.3. The number of ether oxygens (including phenoxy) is 1. The molecule has 0 unspecified atom stereocenters. The van der Waals surface area contributed by atoms with E-state index >= 15 is 0 Å². The van der Waals surface area contributed by atoms with Gasteiger partial charge < -0.3 is 14.6 Å². The first-order chi connectivity index (χ1) is 13.8. The van der Waals surface area contributed by atoms with Crippen molar-refractivity contribution in [3.8, 4) is 0 Å². The molecule has 1 heterocycles. The molecule has 3 rings (SSSR count). The van der Waals surface area contributed by atoms with Crippen molar-refractivity contribution in [3.63, 3.8) is 0 Å². The lowest BCUT2D eigenvalue weighted by atomic mass is 10.2. The van der Waals surface area contributed by atoms with Crippen LogP contribution in [0.15, 0.2) is 47.3 Å². The Balaban J connectivity index is 1.76.